The van der Waals surface area contributed by atoms with Crippen molar-refractivity contribution in [1.82, 2.24) is 10.2 Å². The molecule has 5 heteroatoms. The highest BCUT2D eigenvalue weighted by molar-refractivity contribution is 6.05. The van der Waals surface area contributed by atoms with Gasteiger partial charge in [0.1, 0.15) is 0 Å². The molecule has 102 valence electrons. The highest BCUT2D eigenvalue weighted by Gasteiger charge is 2.42. The molecule has 0 aromatic carbocycles. The van der Waals surface area contributed by atoms with Crippen molar-refractivity contribution < 1.29 is 14.3 Å². The predicted molar refractivity (Wildman–Crippen MR) is 67.0 cm³/mol. The monoisotopic (exact) mass is 254 g/mol. The SMILES string of the molecule is CCC(C)N1C(=O)CC(NC2CC(OC)C2)C1=O. The van der Waals surface area contributed by atoms with Gasteiger partial charge in [0.2, 0.25) is 11.8 Å². The van der Waals surface area contributed by atoms with E-state index in [2.05, 4.69) is 5.32 Å². The Hall–Kier alpha value is -0.940. The number of carbonyl (C=O) groups is 2. The van der Waals surface area contributed by atoms with E-state index in [1.165, 1.54) is 4.90 Å². The first-order chi connectivity index (χ1) is 8.56. The minimum absolute atomic E-state index is 0.00455. The van der Waals surface area contributed by atoms with Crippen LogP contribution in [-0.4, -0.2) is 48.1 Å². The van der Waals surface area contributed by atoms with Gasteiger partial charge in [-0.15, -0.1) is 0 Å². The summed E-state index contributed by atoms with van der Waals surface area (Å²) in [6.07, 6.45) is 3.27. The van der Waals surface area contributed by atoms with Crippen molar-refractivity contribution in [1.29, 1.82) is 0 Å². The molecule has 2 unspecified atom stereocenters. The summed E-state index contributed by atoms with van der Waals surface area (Å²) in [5, 5.41) is 3.28. The number of likely N-dealkylation sites (tertiary alicyclic amines) is 1. The standard InChI is InChI=1S/C13H22N2O3/c1-4-8(2)15-12(16)7-11(13(15)17)14-9-5-10(6-9)18-3/h8-11,14H,4-7H2,1-3H3. The second-order valence-corrected chi connectivity index (χ2v) is 5.31. The molecule has 2 amide bonds. The maximum atomic E-state index is 12.2. The van der Waals surface area contributed by atoms with Crippen molar-refractivity contribution >= 4 is 11.8 Å². The molecule has 0 aromatic heterocycles. The van der Waals surface area contributed by atoms with Gasteiger partial charge in [0.05, 0.1) is 18.6 Å². The Labute approximate surface area is 108 Å². The first-order valence-electron chi connectivity index (χ1n) is 6.71. The predicted octanol–water partition coefficient (Wildman–Crippen LogP) is 0.679. The highest BCUT2D eigenvalue weighted by Crippen LogP contribution is 2.25. The van der Waals surface area contributed by atoms with Crippen LogP contribution in [0.2, 0.25) is 0 Å². The lowest BCUT2D eigenvalue weighted by Crippen LogP contribution is -2.52. The lowest BCUT2D eigenvalue weighted by molar-refractivity contribution is -0.141. The van der Waals surface area contributed by atoms with E-state index in [9.17, 15) is 9.59 Å². The average molecular weight is 254 g/mol. The molecule has 2 atom stereocenters. The molecule has 1 aliphatic heterocycles. The molecule has 1 aliphatic carbocycles. The molecule has 2 rings (SSSR count). The van der Waals surface area contributed by atoms with Gasteiger partial charge in [-0.3, -0.25) is 14.5 Å². The summed E-state index contributed by atoms with van der Waals surface area (Å²) in [5.41, 5.74) is 0. The van der Waals surface area contributed by atoms with Gasteiger partial charge in [0.15, 0.2) is 0 Å². The lowest BCUT2D eigenvalue weighted by Gasteiger charge is -2.36. The third-order valence-corrected chi connectivity index (χ3v) is 4.08. The van der Waals surface area contributed by atoms with E-state index >= 15 is 0 Å². The van der Waals surface area contributed by atoms with E-state index in [0.717, 1.165) is 19.3 Å². The van der Waals surface area contributed by atoms with Crippen LogP contribution < -0.4 is 5.32 Å². The van der Waals surface area contributed by atoms with Crippen molar-refractivity contribution in [3.8, 4) is 0 Å². The maximum absolute atomic E-state index is 12.2. The number of imide groups is 1. The first-order valence-corrected chi connectivity index (χ1v) is 6.71. The normalized spacial score (nSPS) is 33.7. The fourth-order valence-corrected chi connectivity index (χ4v) is 2.61. The van der Waals surface area contributed by atoms with Crippen molar-refractivity contribution in [3.05, 3.63) is 0 Å². The third kappa shape index (κ3) is 2.42. The van der Waals surface area contributed by atoms with E-state index < -0.39 is 0 Å². The summed E-state index contributed by atoms with van der Waals surface area (Å²) in [5.74, 6) is -0.107. The van der Waals surface area contributed by atoms with Crippen LogP contribution in [0.25, 0.3) is 0 Å². The number of hydrogen-bond acceptors (Lipinski definition) is 4. The zero-order valence-corrected chi connectivity index (χ0v) is 11.3. The second kappa shape index (κ2) is 5.36. The maximum Gasteiger partial charge on any atom is 0.247 e. The van der Waals surface area contributed by atoms with Crippen LogP contribution in [0, 0.1) is 0 Å². The van der Waals surface area contributed by atoms with Crippen LogP contribution in [-0.2, 0) is 14.3 Å². The van der Waals surface area contributed by atoms with Gasteiger partial charge in [-0.1, -0.05) is 6.92 Å². The molecule has 5 nitrogen and oxygen atoms in total. The lowest BCUT2D eigenvalue weighted by atomic mass is 9.88. The van der Waals surface area contributed by atoms with Gasteiger partial charge in [-0.05, 0) is 26.2 Å². The number of carbonyl (C=O) groups excluding carboxylic acids is 2. The number of nitrogens with one attached hydrogen (secondary N) is 1. The summed E-state index contributed by atoms with van der Waals surface area (Å²) in [7, 11) is 1.70. The topological polar surface area (TPSA) is 58.6 Å². The van der Waals surface area contributed by atoms with Crippen LogP contribution in [0.3, 0.4) is 0 Å². The molecule has 1 saturated heterocycles. The minimum atomic E-state index is -0.325. The van der Waals surface area contributed by atoms with Crippen LogP contribution in [0.1, 0.15) is 39.5 Å². The average Bonchev–Trinajstić information content (AvgIpc) is 2.57. The van der Waals surface area contributed by atoms with Crippen LogP contribution >= 0.6 is 0 Å². The van der Waals surface area contributed by atoms with E-state index in [4.69, 9.17) is 4.74 Å². The van der Waals surface area contributed by atoms with Crippen LogP contribution in [0.4, 0.5) is 0 Å². The minimum Gasteiger partial charge on any atom is -0.381 e. The van der Waals surface area contributed by atoms with E-state index in [-0.39, 0.29) is 23.9 Å². The number of hydrogen-bond donors (Lipinski definition) is 1. The fraction of sp³-hybridized carbons (Fsp3) is 0.846. The number of amides is 2. The molecule has 1 N–H and O–H groups in total. The van der Waals surface area contributed by atoms with Gasteiger partial charge in [0, 0.05) is 19.2 Å². The molecule has 0 bridgehead atoms. The molecule has 2 aliphatic rings. The Morgan fingerprint density at radius 1 is 1.44 bits per heavy atom. The smallest absolute Gasteiger partial charge is 0.247 e. The van der Waals surface area contributed by atoms with Crippen LogP contribution in [0.5, 0.6) is 0 Å². The van der Waals surface area contributed by atoms with E-state index in [1.807, 2.05) is 13.8 Å². The molecular weight excluding hydrogens is 232 g/mol. The summed E-state index contributed by atoms with van der Waals surface area (Å²) in [6.45, 7) is 3.91. The molecule has 1 heterocycles. The number of methoxy groups -OCH3 is 1. The molecule has 0 spiro atoms. The summed E-state index contributed by atoms with van der Waals surface area (Å²) in [6, 6.07) is -0.00666. The van der Waals surface area contributed by atoms with Gasteiger partial charge in [0.25, 0.3) is 0 Å². The van der Waals surface area contributed by atoms with Gasteiger partial charge in [-0.2, -0.15) is 0 Å². The van der Waals surface area contributed by atoms with Crippen molar-refractivity contribution in [3.63, 3.8) is 0 Å². The summed E-state index contributed by atoms with van der Waals surface area (Å²) >= 11 is 0. The number of nitrogens with zero attached hydrogens (tertiary/aromatic N) is 1. The Morgan fingerprint density at radius 2 is 2.11 bits per heavy atom. The highest BCUT2D eigenvalue weighted by atomic mass is 16.5. The van der Waals surface area contributed by atoms with Crippen molar-refractivity contribution in [2.75, 3.05) is 7.11 Å². The zero-order valence-electron chi connectivity index (χ0n) is 11.3. The molecular formula is C13H22N2O3. The molecule has 0 radical (unpaired) electrons. The van der Waals surface area contributed by atoms with Crippen molar-refractivity contribution in [2.24, 2.45) is 0 Å². The quantitative estimate of drug-likeness (QED) is 0.733. The Balaban J connectivity index is 1.88. The molecule has 18 heavy (non-hydrogen) atoms. The van der Waals surface area contributed by atoms with E-state index in [0.29, 0.717) is 18.6 Å². The largest absolute Gasteiger partial charge is 0.381 e. The first kappa shape index (κ1) is 13.5. The molecule has 0 aromatic rings. The molecule has 1 saturated carbocycles. The van der Waals surface area contributed by atoms with E-state index in [1.54, 1.807) is 7.11 Å². The summed E-state index contributed by atoms with van der Waals surface area (Å²) in [4.78, 5) is 25.4. The number of ether oxygens (including phenoxy) is 1. The van der Waals surface area contributed by atoms with Gasteiger partial charge >= 0.3 is 0 Å². The Kier molecular flexibility index (Phi) is 4.02. The zero-order chi connectivity index (χ0) is 13.3. The number of rotatable bonds is 5. The fourth-order valence-electron chi connectivity index (χ4n) is 2.61. The Morgan fingerprint density at radius 3 is 2.67 bits per heavy atom. The summed E-state index contributed by atoms with van der Waals surface area (Å²) < 4.78 is 5.20. The Bertz CT molecular complexity index is 339. The van der Waals surface area contributed by atoms with Gasteiger partial charge < -0.3 is 10.1 Å². The van der Waals surface area contributed by atoms with Crippen molar-refractivity contribution in [2.45, 2.75) is 63.8 Å². The third-order valence-electron chi connectivity index (χ3n) is 4.08. The second-order valence-electron chi connectivity index (χ2n) is 5.31. The van der Waals surface area contributed by atoms with Gasteiger partial charge in [-0.25, -0.2) is 0 Å². The van der Waals surface area contributed by atoms with Crippen LogP contribution in [0.15, 0.2) is 0 Å². The molecule has 2 fully saturated rings.